The van der Waals surface area contributed by atoms with Gasteiger partial charge in [-0.25, -0.2) is 4.79 Å². The Morgan fingerprint density at radius 1 is 0.966 bits per heavy atom. The van der Waals surface area contributed by atoms with E-state index in [-0.39, 0.29) is 18.0 Å². The maximum atomic E-state index is 13.0. The summed E-state index contributed by atoms with van der Waals surface area (Å²) >= 11 is 0. The first-order valence-corrected chi connectivity index (χ1v) is 9.98. The first kappa shape index (κ1) is 22.4. The van der Waals surface area contributed by atoms with Crippen LogP contribution in [0.1, 0.15) is 42.3 Å². The molecule has 0 spiro atoms. The molecule has 0 unspecified atom stereocenters. The fourth-order valence-electron chi connectivity index (χ4n) is 3.00. The van der Waals surface area contributed by atoms with Gasteiger partial charge in [0.1, 0.15) is 0 Å². The minimum atomic E-state index is -0.283. The van der Waals surface area contributed by atoms with E-state index in [1.807, 2.05) is 34.9 Å². The Balaban J connectivity index is 2.06. The normalized spacial score (nSPS) is 10.9. The maximum Gasteiger partial charge on any atom is 0.319 e. The number of hydrogen-bond donors (Lipinski definition) is 2. The molecule has 0 aliphatic heterocycles. The van der Waals surface area contributed by atoms with Gasteiger partial charge in [0.2, 0.25) is 0 Å². The van der Waals surface area contributed by atoms with E-state index >= 15 is 0 Å². The molecule has 2 rings (SSSR count). The minimum absolute atomic E-state index is 0.0412. The molecule has 2 aromatic carbocycles. The molecule has 2 aromatic rings. The third kappa shape index (κ3) is 7.23. The molecule has 0 atom stereocenters. The van der Waals surface area contributed by atoms with Crippen LogP contribution in [0.15, 0.2) is 48.5 Å². The molecule has 156 valence electrons. The van der Waals surface area contributed by atoms with E-state index in [0.717, 1.165) is 12.1 Å². The summed E-state index contributed by atoms with van der Waals surface area (Å²) in [6, 6.07) is 15.2. The molecule has 29 heavy (non-hydrogen) atoms. The van der Waals surface area contributed by atoms with Crippen LogP contribution in [-0.2, 0) is 13.1 Å². The van der Waals surface area contributed by atoms with Gasteiger partial charge in [-0.15, -0.1) is 0 Å². The van der Waals surface area contributed by atoms with Gasteiger partial charge in [0.15, 0.2) is 0 Å². The highest BCUT2D eigenvalue weighted by Gasteiger charge is 2.15. The third-order valence-electron chi connectivity index (χ3n) is 4.35. The monoisotopic (exact) mass is 396 g/mol. The quantitative estimate of drug-likeness (QED) is 0.710. The fourth-order valence-corrected chi connectivity index (χ4v) is 3.00. The zero-order valence-corrected chi connectivity index (χ0v) is 18.0. The molecule has 3 amide bonds. The van der Waals surface area contributed by atoms with Gasteiger partial charge in [-0.2, -0.15) is 0 Å². The lowest BCUT2D eigenvalue weighted by Crippen LogP contribution is -2.34. The molecule has 0 bridgehead atoms. The Hall–Kier alpha value is -2.86. The minimum Gasteiger partial charge on any atom is -0.336 e. The number of nitrogens with zero attached hydrogens (tertiary/aromatic N) is 2. The number of rotatable bonds is 8. The van der Waals surface area contributed by atoms with Crippen LogP contribution in [0.5, 0.6) is 0 Å². The molecule has 0 aliphatic rings. The average Bonchev–Trinajstić information content (AvgIpc) is 2.66. The van der Waals surface area contributed by atoms with Crippen molar-refractivity contribution in [2.24, 2.45) is 0 Å². The van der Waals surface area contributed by atoms with E-state index in [1.165, 1.54) is 5.56 Å². The third-order valence-corrected chi connectivity index (χ3v) is 4.35. The lowest BCUT2D eigenvalue weighted by molar-refractivity contribution is 0.0752. The van der Waals surface area contributed by atoms with E-state index in [2.05, 4.69) is 39.8 Å². The molecule has 0 aromatic heterocycles. The second kappa shape index (κ2) is 10.6. The van der Waals surface area contributed by atoms with Crippen LogP contribution >= 0.6 is 0 Å². The molecule has 0 heterocycles. The van der Waals surface area contributed by atoms with Gasteiger partial charge in [0, 0.05) is 36.9 Å². The highest BCUT2D eigenvalue weighted by Crippen LogP contribution is 2.15. The van der Waals surface area contributed by atoms with Gasteiger partial charge < -0.3 is 20.4 Å². The maximum absolute atomic E-state index is 13.0. The second-order valence-electron chi connectivity index (χ2n) is 7.71. The van der Waals surface area contributed by atoms with Crippen LogP contribution in [0.2, 0.25) is 0 Å². The summed E-state index contributed by atoms with van der Waals surface area (Å²) in [4.78, 5) is 28.8. The van der Waals surface area contributed by atoms with Crippen molar-refractivity contribution in [2.45, 2.75) is 39.9 Å². The Morgan fingerprint density at radius 2 is 1.59 bits per heavy atom. The predicted octanol–water partition coefficient (Wildman–Crippen LogP) is 3.94. The van der Waals surface area contributed by atoms with Crippen molar-refractivity contribution in [3.63, 3.8) is 0 Å². The zero-order chi connectivity index (χ0) is 21.4. The van der Waals surface area contributed by atoms with Crippen molar-refractivity contribution < 1.29 is 9.59 Å². The number of benzene rings is 2. The van der Waals surface area contributed by atoms with Gasteiger partial charge >= 0.3 is 6.03 Å². The molecule has 6 nitrogen and oxygen atoms in total. The van der Waals surface area contributed by atoms with Gasteiger partial charge in [-0.05, 0) is 64.2 Å². The second-order valence-corrected chi connectivity index (χ2v) is 7.71. The molecule has 0 saturated heterocycles. The molecular formula is C23H32N4O2. The van der Waals surface area contributed by atoms with E-state index in [1.54, 1.807) is 29.2 Å². The molecular weight excluding hydrogens is 364 g/mol. The van der Waals surface area contributed by atoms with Crippen LogP contribution in [0.25, 0.3) is 0 Å². The van der Waals surface area contributed by atoms with Crippen molar-refractivity contribution in [1.29, 1.82) is 0 Å². The van der Waals surface area contributed by atoms with Gasteiger partial charge in [-0.1, -0.05) is 30.3 Å². The summed E-state index contributed by atoms with van der Waals surface area (Å²) in [5, 5.41) is 5.55. The smallest absolute Gasteiger partial charge is 0.319 e. The van der Waals surface area contributed by atoms with Crippen LogP contribution in [0.4, 0.5) is 10.5 Å². The molecule has 0 aliphatic carbocycles. The lowest BCUT2D eigenvalue weighted by Gasteiger charge is -2.22. The molecule has 2 N–H and O–H groups in total. The van der Waals surface area contributed by atoms with Crippen molar-refractivity contribution in [2.75, 3.05) is 26.0 Å². The molecule has 6 heteroatoms. The average molecular weight is 397 g/mol. The summed E-state index contributed by atoms with van der Waals surface area (Å²) in [5.74, 6) is -0.0576. The van der Waals surface area contributed by atoms with Crippen molar-refractivity contribution in [3.05, 3.63) is 65.2 Å². The highest BCUT2D eigenvalue weighted by atomic mass is 16.2. The van der Waals surface area contributed by atoms with E-state index < -0.39 is 0 Å². The number of nitrogens with one attached hydrogen (secondary N) is 2. The number of carbonyl (C=O) groups excluding carboxylic acids is 2. The number of urea groups is 1. The van der Waals surface area contributed by atoms with Gasteiger partial charge in [-0.3, -0.25) is 4.79 Å². The number of anilines is 1. The van der Waals surface area contributed by atoms with Gasteiger partial charge in [0.25, 0.3) is 5.91 Å². The van der Waals surface area contributed by atoms with E-state index in [4.69, 9.17) is 0 Å². The molecule has 0 saturated carbocycles. The number of carbonyl (C=O) groups is 2. The van der Waals surface area contributed by atoms with Gasteiger partial charge in [0.05, 0.1) is 0 Å². The van der Waals surface area contributed by atoms with Crippen LogP contribution in [-0.4, -0.2) is 48.4 Å². The van der Waals surface area contributed by atoms with Crippen molar-refractivity contribution >= 4 is 17.6 Å². The fraction of sp³-hybridized carbons (Fsp3) is 0.391. The largest absolute Gasteiger partial charge is 0.336 e. The standard InChI is InChI=1S/C23H32N4O2/c1-6-27(16-19-12-10-18(11-13-19)15-26(4)5)22(28)20-8-7-9-21(14-20)25-23(29)24-17(2)3/h7-14,17H,6,15-16H2,1-5H3,(H2,24,25,29). The highest BCUT2D eigenvalue weighted by molar-refractivity contribution is 5.96. The van der Waals surface area contributed by atoms with Crippen LogP contribution in [0, 0.1) is 0 Å². The number of amides is 3. The molecule has 0 radical (unpaired) electrons. The summed E-state index contributed by atoms with van der Waals surface area (Å²) in [6.45, 7) is 7.79. The number of hydrogen-bond acceptors (Lipinski definition) is 3. The first-order chi connectivity index (χ1) is 13.8. The van der Waals surface area contributed by atoms with Crippen molar-refractivity contribution in [3.8, 4) is 0 Å². The predicted molar refractivity (Wildman–Crippen MR) is 118 cm³/mol. The Bertz CT molecular complexity index is 816. The summed E-state index contributed by atoms with van der Waals surface area (Å²) in [5.41, 5.74) is 3.48. The van der Waals surface area contributed by atoms with Crippen molar-refractivity contribution in [1.82, 2.24) is 15.1 Å². The summed E-state index contributed by atoms with van der Waals surface area (Å²) in [7, 11) is 4.08. The lowest BCUT2D eigenvalue weighted by atomic mass is 10.1. The molecule has 0 fully saturated rings. The SMILES string of the molecule is CCN(Cc1ccc(CN(C)C)cc1)C(=O)c1cccc(NC(=O)NC(C)C)c1. The Kier molecular flexibility index (Phi) is 8.21. The van der Waals surface area contributed by atoms with E-state index in [9.17, 15) is 9.59 Å². The van der Waals surface area contributed by atoms with Crippen LogP contribution < -0.4 is 10.6 Å². The van der Waals surface area contributed by atoms with Crippen LogP contribution in [0.3, 0.4) is 0 Å². The Labute approximate surface area is 173 Å². The summed E-state index contributed by atoms with van der Waals surface area (Å²) in [6.07, 6.45) is 0. The zero-order valence-electron chi connectivity index (χ0n) is 18.0. The first-order valence-electron chi connectivity index (χ1n) is 9.98. The topological polar surface area (TPSA) is 64.7 Å². The summed E-state index contributed by atoms with van der Waals surface area (Å²) < 4.78 is 0. The van der Waals surface area contributed by atoms with E-state index in [0.29, 0.717) is 24.3 Å². The Morgan fingerprint density at radius 3 is 2.14 bits per heavy atom.